The molecule has 1 aliphatic carbocycles. The van der Waals surface area contributed by atoms with Crippen molar-refractivity contribution in [2.45, 2.75) is 90.9 Å². The van der Waals surface area contributed by atoms with Crippen LogP contribution in [0.5, 0.6) is 5.75 Å². The van der Waals surface area contributed by atoms with Gasteiger partial charge in [-0.1, -0.05) is 58.3 Å². The third-order valence-electron chi connectivity index (χ3n) is 6.31. The summed E-state index contributed by atoms with van der Waals surface area (Å²) < 4.78 is 5.91. The molecule has 1 saturated heterocycles. The molecule has 0 spiro atoms. The van der Waals surface area contributed by atoms with E-state index in [4.69, 9.17) is 9.72 Å². The molecule has 0 N–H and O–H groups in total. The highest BCUT2D eigenvalue weighted by molar-refractivity contribution is 7.15. The second-order valence-corrected chi connectivity index (χ2v) is 10.1. The molecule has 1 aliphatic heterocycles. The topological polar surface area (TPSA) is 25.4 Å². The van der Waals surface area contributed by atoms with E-state index in [1.165, 1.54) is 93.4 Å². The summed E-state index contributed by atoms with van der Waals surface area (Å²) >= 11 is 1.82. The van der Waals surface area contributed by atoms with Gasteiger partial charge in [0.05, 0.1) is 12.3 Å². The van der Waals surface area contributed by atoms with Gasteiger partial charge in [0.15, 0.2) is 0 Å². The Hall–Kier alpha value is -1.39. The number of aromatic nitrogens is 1. The van der Waals surface area contributed by atoms with Crippen molar-refractivity contribution in [3.63, 3.8) is 0 Å². The summed E-state index contributed by atoms with van der Waals surface area (Å²) in [6.45, 7) is 8.83. The van der Waals surface area contributed by atoms with E-state index in [0.29, 0.717) is 0 Å². The molecule has 1 saturated carbocycles. The third-order valence-corrected chi connectivity index (χ3v) is 7.57. The summed E-state index contributed by atoms with van der Waals surface area (Å²) in [5.74, 6) is 0.962. The largest absolute Gasteiger partial charge is 0.494 e. The molecule has 4 heteroatoms. The average molecular weight is 443 g/mol. The molecule has 2 aromatic rings. The van der Waals surface area contributed by atoms with Gasteiger partial charge in [0, 0.05) is 17.0 Å². The first-order valence-electron chi connectivity index (χ1n) is 12.7. The number of hydrogen-bond acceptors (Lipinski definition) is 4. The molecule has 3 nitrogen and oxygen atoms in total. The predicted molar refractivity (Wildman–Crippen MR) is 134 cm³/mol. The predicted octanol–water partition coefficient (Wildman–Crippen LogP) is 7.67. The second-order valence-electron chi connectivity index (χ2n) is 9.03. The summed E-state index contributed by atoms with van der Waals surface area (Å²) in [6.07, 6.45) is 16.5. The summed E-state index contributed by atoms with van der Waals surface area (Å²) in [5.41, 5.74) is 2.37. The van der Waals surface area contributed by atoms with Crippen molar-refractivity contribution < 1.29 is 4.74 Å². The number of nitrogens with zero attached hydrogens (tertiary/aromatic N) is 2. The molecular weight excluding hydrogens is 400 g/mol. The van der Waals surface area contributed by atoms with Crippen LogP contribution in [-0.2, 0) is 6.42 Å². The molecule has 4 rings (SSSR count). The first kappa shape index (κ1) is 24.3. The van der Waals surface area contributed by atoms with Crippen molar-refractivity contribution >= 4 is 11.3 Å². The van der Waals surface area contributed by atoms with Crippen LogP contribution in [0.25, 0.3) is 10.6 Å². The third kappa shape index (κ3) is 8.57. The van der Waals surface area contributed by atoms with E-state index in [-0.39, 0.29) is 0 Å². The van der Waals surface area contributed by atoms with Crippen LogP contribution < -0.4 is 4.74 Å². The highest BCUT2D eigenvalue weighted by Gasteiger charge is 2.10. The molecule has 1 aromatic carbocycles. The fraction of sp³-hybridized carbons (Fsp3) is 0.667. The first-order valence-corrected chi connectivity index (χ1v) is 13.5. The Morgan fingerprint density at radius 2 is 1.52 bits per heavy atom. The van der Waals surface area contributed by atoms with Crippen molar-refractivity contribution in [2.75, 3.05) is 26.2 Å². The lowest BCUT2D eigenvalue weighted by Crippen LogP contribution is -2.31. The molecule has 2 aliphatic rings. The summed E-state index contributed by atoms with van der Waals surface area (Å²) in [4.78, 5) is 8.71. The van der Waals surface area contributed by atoms with Crippen LogP contribution in [-0.4, -0.2) is 36.1 Å². The Balaban J connectivity index is 0.000000391. The number of rotatable bonds is 8. The van der Waals surface area contributed by atoms with Crippen molar-refractivity contribution in [2.24, 2.45) is 0 Å². The molecule has 1 aromatic heterocycles. The zero-order valence-electron chi connectivity index (χ0n) is 19.8. The summed E-state index contributed by atoms with van der Waals surface area (Å²) in [7, 11) is 0. The van der Waals surface area contributed by atoms with E-state index in [2.05, 4.69) is 43.0 Å². The minimum atomic E-state index is 0.798. The Morgan fingerprint density at radius 3 is 2.13 bits per heavy atom. The number of ether oxygens (including phenoxy) is 1. The van der Waals surface area contributed by atoms with E-state index >= 15 is 0 Å². The lowest BCUT2D eigenvalue weighted by atomic mass is 10.0. The highest BCUT2D eigenvalue weighted by atomic mass is 32.1. The maximum absolute atomic E-state index is 5.91. The maximum atomic E-state index is 5.91. The van der Waals surface area contributed by atoms with Crippen LogP contribution in [0, 0.1) is 6.92 Å². The van der Waals surface area contributed by atoms with E-state index in [1.54, 1.807) is 0 Å². The second kappa shape index (κ2) is 13.9. The number of hydrogen-bond donors (Lipinski definition) is 0. The Kier molecular flexibility index (Phi) is 10.9. The van der Waals surface area contributed by atoms with Crippen LogP contribution in [0.15, 0.2) is 24.3 Å². The van der Waals surface area contributed by atoms with E-state index in [1.807, 2.05) is 11.3 Å². The van der Waals surface area contributed by atoms with E-state index < -0.39 is 0 Å². The van der Waals surface area contributed by atoms with Crippen LogP contribution >= 0.6 is 11.3 Å². The van der Waals surface area contributed by atoms with Gasteiger partial charge in [-0.05, 0) is 70.0 Å². The van der Waals surface area contributed by atoms with Crippen LogP contribution in [0.4, 0.5) is 0 Å². The molecule has 0 unspecified atom stereocenters. The first-order chi connectivity index (χ1) is 15.3. The molecule has 0 atom stereocenters. The summed E-state index contributed by atoms with van der Waals surface area (Å²) in [5, 5.41) is 1.12. The smallest absolute Gasteiger partial charge is 0.123 e. The number of likely N-dealkylation sites (tertiary alicyclic amines) is 1. The zero-order valence-corrected chi connectivity index (χ0v) is 20.7. The maximum Gasteiger partial charge on any atom is 0.123 e. The molecule has 0 bridgehead atoms. The van der Waals surface area contributed by atoms with Gasteiger partial charge in [-0.2, -0.15) is 0 Å². The quantitative estimate of drug-likeness (QED) is 0.392. The summed E-state index contributed by atoms with van der Waals surface area (Å²) in [6, 6.07) is 8.42. The minimum absolute atomic E-state index is 0.798. The van der Waals surface area contributed by atoms with Gasteiger partial charge in [-0.25, -0.2) is 4.98 Å². The molecule has 172 valence electrons. The number of thiazole rings is 1. The Labute approximate surface area is 194 Å². The van der Waals surface area contributed by atoms with Gasteiger partial charge in [0.1, 0.15) is 10.8 Å². The van der Waals surface area contributed by atoms with E-state index in [0.717, 1.165) is 36.8 Å². The van der Waals surface area contributed by atoms with Crippen molar-refractivity contribution in [3.05, 3.63) is 34.8 Å². The molecule has 31 heavy (non-hydrogen) atoms. The zero-order chi connectivity index (χ0) is 21.7. The fourth-order valence-electron chi connectivity index (χ4n) is 4.43. The average Bonchev–Trinajstić information content (AvgIpc) is 3.20. The number of aryl methyl sites for hydroxylation is 2. The van der Waals surface area contributed by atoms with Crippen molar-refractivity contribution in [3.8, 4) is 16.3 Å². The number of piperidine rings is 1. The van der Waals surface area contributed by atoms with Crippen molar-refractivity contribution in [1.82, 2.24) is 9.88 Å². The Morgan fingerprint density at radius 1 is 0.903 bits per heavy atom. The van der Waals surface area contributed by atoms with Gasteiger partial charge < -0.3 is 9.64 Å². The number of benzene rings is 1. The minimum Gasteiger partial charge on any atom is -0.494 e. The van der Waals surface area contributed by atoms with Crippen LogP contribution in [0.3, 0.4) is 0 Å². The van der Waals surface area contributed by atoms with E-state index in [9.17, 15) is 0 Å². The Bertz CT molecular complexity index is 719. The van der Waals surface area contributed by atoms with Crippen molar-refractivity contribution in [1.29, 1.82) is 0 Å². The molecule has 0 amide bonds. The molecule has 2 heterocycles. The lowest BCUT2D eigenvalue weighted by Gasteiger charge is -2.26. The normalized spacial score (nSPS) is 17.1. The lowest BCUT2D eigenvalue weighted by molar-refractivity contribution is 0.205. The van der Waals surface area contributed by atoms with Gasteiger partial charge >= 0.3 is 0 Å². The molecular formula is C27H42N2OS. The van der Waals surface area contributed by atoms with Gasteiger partial charge in [-0.15, -0.1) is 11.3 Å². The van der Waals surface area contributed by atoms with Crippen LogP contribution in [0.2, 0.25) is 0 Å². The van der Waals surface area contributed by atoms with Gasteiger partial charge in [0.25, 0.3) is 0 Å². The highest BCUT2D eigenvalue weighted by Crippen LogP contribution is 2.30. The van der Waals surface area contributed by atoms with Gasteiger partial charge in [-0.3, -0.25) is 0 Å². The van der Waals surface area contributed by atoms with Crippen LogP contribution in [0.1, 0.15) is 88.1 Å². The standard InChI is InChI=1S/C21H30N2OS.C6H12/c1-3-8-20-17(2)22-21(25-20)18-9-11-19(12-10-18)24-16-7-15-23-13-5-4-6-14-23;1-2-4-6-5-3-1/h9-12H,3-8,13-16H2,1-2H3;1-6H2. The molecule has 0 radical (unpaired) electrons. The monoisotopic (exact) mass is 442 g/mol. The molecule has 2 fully saturated rings. The van der Waals surface area contributed by atoms with Gasteiger partial charge in [0.2, 0.25) is 0 Å². The fourth-order valence-corrected chi connectivity index (χ4v) is 5.60. The SMILES string of the molecule is C1CCCCC1.CCCc1sc(-c2ccc(OCCCN3CCCCC3)cc2)nc1C.